The van der Waals surface area contributed by atoms with Gasteiger partial charge >= 0.3 is 5.97 Å². The van der Waals surface area contributed by atoms with Crippen LogP contribution in [0.5, 0.6) is 0 Å². The average Bonchev–Trinajstić information content (AvgIpc) is 3.79. The third-order valence-corrected chi connectivity index (χ3v) is 11.4. The number of fused-ring (bicyclic) bond motifs is 1. The van der Waals surface area contributed by atoms with E-state index in [-0.39, 0.29) is 18.2 Å². The molecule has 0 bridgehead atoms. The highest BCUT2D eigenvalue weighted by Gasteiger charge is 2.31. The molecule has 2 unspecified atom stereocenters. The molecule has 3 N–H and O–H groups in total. The maximum Gasteiger partial charge on any atom is 0.341 e. The van der Waals surface area contributed by atoms with Crippen LogP contribution in [0.1, 0.15) is 68.5 Å². The van der Waals surface area contributed by atoms with Crippen molar-refractivity contribution in [3.8, 4) is 0 Å². The van der Waals surface area contributed by atoms with Crippen LogP contribution >= 0.6 is 34.4 Å². The number of benzene rings is 3. The molecule has 6 rings (SSSR count). The van der Waals surface area contributed by atoms with Gasteiger partial charge in [0.15, 0.2) is 0 Å². The van der Waals surface area contributed by atoms with Crippen molar-refractivity contribution in [1.29, 1.82) is 0 Å². The fraction of sp³-hybridized carbons (Fsp3) is 0.200. The molecule has 2 atom stereocenters. The van der Waals surface area contributed by atoms with Crippen molar-refractivity contribution >= 4 is 74.9 Å². The van der Waals surface area contributed by atoms with E-state index in [9.17, 15) is 19.2 Å². The Morgan fingerprint density at radius 1 is 0.961 bits per heavy atom. The third kappa shape index (κ3) is 9.04. The van der Waals surface area contributed by atoms with Crippen LogP contribution in [-0.2, 0) is 27.2 Å². The summed E-state index contributed by atoms with van der Waals surface area (Å²) in [5.41, 5.74) is 4.53. The zero-order chi connectivity index (χ0) is 35.7. The van der Waals surface area contributed by atoms with Gasteiger partial charge in [0.25, 0.3) is 11.8 Å². The fourth-order valence-corrected chi connectivity index (χ4v) is 8.75. The number of anilines is 2. The van der Waals surface area contributed by atoms with Gasteiger partial charge in [-0.3, -0.25) is 14.4 Å². The van der Waals surface area contributed by atoms with Gasteiger partial charge in [0, 0.05) is 21.0 Å². The Bertz CT molecular complexity index is 2040. The summed E-state index contributed by atoms with van der Waals surface area (Å²) in [5, 5.41) is 12.4. The second kappa shape index (κ2) is 16.8. The van der Waals surface area contributed by atoms with E-state index in [1.807, 2.05) is 47.2 Å². The number of hydrogen-bond donors (Lipinski definition) is 3. The largest absolute Gasteiger partial charge is 0.462 e. The molecule has 5 aromatic rings. The first-order valence-corrected chi connectivity index (χ1v) is 19.3. The molecule has 11 heteroatoms. The number of thiophene rings is 2. The Morgan fingerprint density at radius 2 is 1.73 bits per heavy atom. The van der Waals surface area contributed by atoms with Crippen molar-refractivity contribution in [2.24, 2.45) is 0 Å². The first-order valence-electron chi connectivity index (χ1n) is 16.6. The van der Waals surface area contributed by atoms with E-state index >= 15 is 0 Å². The van der Waals surface area contributed by atoms with Crippen LogP contribution in [0.15, 0.2) is 112 Å². The van der Waals surface area contributed by atoms with Crippen LogP contribution in [0.25, 0.3) is 6.08 Å². The lowest BCUT2D eigenvalue weighted by Gasteiger charge is -2.23. The summed E-state index contributed by atoms with van der Waals surface area (Å²) in [4.78, 5) is 55.0. The molecule has 260 valence electrons. The van der Waals surface area contributed by atoms with Gasteiger partial charge in [-0.05, 0) is 109 Å². The van der Waals surface area contributed by atoms with Crippen molar-refractivity contribution in [2.45, 2.75) is 49.2 Å². The number of ether oxygens (including phenoxy) is 1. The van der Waals surface area contributed by atoms with Gasteiger partial charge < -0.3 is 20.7 Å². The van der Waals surface area contributed by atoms with Gasteiger partial charge in [-0.2, -0.15) is 11.3 Å². The minimum Gasteiger partial charge on any atom is -0.462 e. The van der Waals surface area contributed by atoms with E-state index in [0.717, 1.165) is 40.2 Å². The molecule has 3 amide bonds. The minimum absolute atomic E-state index is 0.0965. The molecule has 0 spiro atoms. The van der Waals surface area contributed by atoms with Gasteiger partial charge in [-0.1, -0.05) is 54.6 Å². The molecule has 0 aliphatic heterocycles. The summed E-state index contributed by atoms with van der Waals surface area (Å²) in [7, 11) is 0. The van der Waals surface area contributed by atoms with Crippen molar-refractivity contribution < 1.29 is 23.9 Å². The lowest BCUT2D eigenvalue weighted by atomic mass is 9.83. The van der Waals surface area contributed by atoms with E-state index in [2.05, 4.69) is 28.1 Å². The Labute approximate surface area is 309 Å². The van der Waals surface area contributed by atoms with Crippen LogP contribution in [0.2, 0.25) is 0 Å². The van der Waals surface area contributed by atoms with Crippen molar-refractivity contribution in [1.82, 2.24) is 5.32 Å². The highest BCUT2D eigenvalue weighted by atomic mass is 32.2. The summed E-state index contributed by atoms with van der Waals surface area (Å²) in [6, 6.07) is 28.1. The highest BCUT2D eigenvalue weighted by Crippen LogP contribution is 2.43. The van der Waals surface area contributed by atoms with Crippen LogP contribution in [-0.4, -0.2) is 35.5 Å². The lowest BCUT2D eigenvalue weighted by Crippen LogP contribution is -2.30. The summed E-state index contributed by atoms with van der Waals surface area (Å²) in [6.07, 6.45) is 4.08. The van der Waals surface area contributed by atoms with Gasteiger partial charge in [-0.25, -0.2) is 4.79 Å². The van der Waals surface area contributed by atoms with E-state index in [1.165, 1.54) is 40.0 Å². The molecule has 2 heterocycles. The van der Waals surface area contributed by atoms with Gasteiger partial charge in [0.1, 0.15) is 10.7 Å². The van der Waals surface area contributed by atoms with Crippen molar-refractivity contribution in [3.05, 3.63) is 140 Å². The topological polar surface area (TPSA) is 114 Å². The average molecular weight is 736 g/mol. The molecular formula is C40H37N3O5S3. The number of carbonyl (C=O) groups excluding carboxylic acids is 4. The second-order valence-corrected chi connectivity index (χ2v) is 15.2. The SMILES string of the molecule is CCOC(=O)c1c(NC(=O)C(C)Sc2cccc(NC(=O)/C(=C/c3ccsc3)NC(=O)c3ccccc3)c2)sc2c1CCC(c1ccccc1)C2. The quantitative estimate of drug-likeness (QED) is 0.0671. The van der Waals surface area contributed by atoms with Gasteiger partial charge in [0.05, 0.1) is 17.4 Å². The molecular weight excluding hydrogens is 699 g/mol. The van der Waals surface area contributed by atoms with Crippen molar-refractivity contribution in [2.75, 3.05) is 17.2 Å². The number of nitrogens with one attached hydrogen (secondary N) is 3. The van der Waals surface area contributed by atoms with E-state index < -0.39 is 23.0 Å². The number of carbonyl (C=O) groups is 4. The Hall–Kier alpha value is -4.97. The second-order valence-electron chi connectivity index (χ2n) is 11.9. The zero-order valence-corrected chi connectivity index (χ0v) is 30.6. The monoisotopic (exact) mass is 735 g/mol. The molecule has 51 heavy (non-hydrogen) atoms. The predicted octanol–water partition coefficient (Wildman–Crippen LogP) is 8.79. The summed E-state index contributed by atoms with van der Waals surface area (Å²) in [6.45, 7) is 3.82. The first kappa shape index (κ1) is 35.8. The smallest absolute Gasteiger partial charge is 0.341 e. The summed E-state index contributed by atoms with van der Waals surface area (Å²) >= 11 is 4.28. The van der Waals surface area contributed by atoms with Crippen LogP contribution < -0.4 is 16.0 Å². The number of amides is 3. The third-order valence-electron chi connectivity index (χ3n) is 8.41. The molecule has 0 saturated heterocycles. The maximum absolute atomic E-state index is 13.6. The summed E-state index contributed by atoms with van der Waals surface area (Å²) < 4.78 is 5.43. The Balaban J connectivity index is 1.14. The van der Waals surface area contributed by atoms with Crippen LogP contribution in [0, 0.1) is 0 Å². The van der Waals surface area contributed by atoms with Crippen molar-refractivity contribution in [3.63, 3.8) is 0 Å². The normalized spacial score (nSPS) is 14.5. The lowest BCUT2D eigenvalue weighted by molar-refractivity contribution is -0.115. The zero-order valence-electron chi connectivity index (χ0n) is 28.1. The molecule has 8 nitrogen and oxygen atoms in total. The van der Waals surface area contributed by atoms with E-state index in [0.29, 0.717) is 27.7 Å². The van der Waals surface area contributed by atoms with Crippen LogP contribution in [0.3, 0.4) is 0 Å². The van der Waals surface area contributed by atoms with Crippen LogP contribution in [0.4, 0.5) is 10.7 Å². The Kier molecular flexibility index (Phi) is 11.8. The standard InChI is InChI=1S/C40H37N3O5S3/c1-3-48-40(47)35-32-18-17-29(27-11-6-4-7-12-27)22-34(32)51-39(35)43-36(44)25(2)50-31-16-10-15-30(23-31)41-38(46)33(21-26-19-20-49-24-26)42-37(45)28-13-8-5-9-14-28/h4-16,19-21,23-25,29H,3,17-18,22H2,1-2H3,(H,41,46)(H,42,45)(H,43,44)/b33-21-. The predicted molar refractivity (Wildman–Crippen MR) is 207 cm³/mol. The molecule has 2 aromatic heterocycles. The molecule has 0 saturated carbocycles. The van der Waals surface area contributed by atoms with Gasteiger partial charge in [-0.15, -0.1) is 23.1 Å². The Morgan fingerprint density at radius 3 is 2.45 bits per heavy atom. The molecule has 0 radical (unpaired) electrons. The molecule has 1 aliphatic carbocycles. The first-order chi connectivity index (χ1) is 24.8. The maximum atomic E-state index is 13.6. The molecule has 1 aliphatic rings. The number of rotatable bonds is 12. The van der Waals surface area contributed by atoms with E-state index in [4.69, 9.17) is 4.74 Å². The minimum atomic E-state index is -0.526. The highest BCUT2D eigenvalue weighted by molar-refractivity contribution is 8.00. The van der Waals surface area contributed by atoms with E-state index in [1.54, 1.807) is 62.4 Å². The number of hydrogen-bond acceptors (Lipinski definition) is 8. The number of esters is 1. The number of thioether (sulfide) groups is 1. The fourth-order valence-electron chi connectivity index (χ4n) is 5.89. The summed E-state index contributed by atoms with van der Waals surface area (Å²) in [5.74, 6) is -1.20. The van der Waals surface area contributed by atoms with Gasteiger partial charge in [0.2, 0.25) is 5.91 Å². The molecule has 3 aromatic carbocycles. The molecule has 0 fully saturated rings.